The third kappa shape index (κ3) is 4.93. The molecule has 4 rings (SSSR count). The number of aryl methyl sites for hydroxylation is 2. The summed E-state index contributed by atoms with van der Waals surface area (Å²) in [4.78, 5) is 15.3. The number of aromatic nitrogens is 2. The van der Waals surface area contributed by atoms with E-state index in [1.54, 1.807) is 11.3 Å². The fraction of sp³-hybridized carbons (Fsp3) is 0.455. The zero-order chi connectivity index (χ0) is 20.2. The van der Waals surface area contributed by atoms with Crippen molar-refractivity contribution in [3.8, 4) is 10.8 Å². The lowest BCUT2D eigenvalue weighted by Crippen LogP contribution is -2.52. The van der Waals surface area contributed by atoms with Crippen LogP contribution in [-0.4, -0.2) is 57.2 Å². The molecule has 0 bridgehead atoms. The van der Waals surface area contributed by atoms with Crippen molar-refractivity contribution in [2.75, 3.05) is 26.2 Å². The average Bonchev–Trinajstić information content (AvgIpc) is 3.35. The summed E-state index contributed by atoms with van der Waals surface area (Å²) in [7, 11) is 0. The highest BCUT2D eigenvalue weighted by Crippen LogP contribution is 2.27. The zero-order valence-corrected chi connectivity index (χ0v) is 17.9. The Morgan fingerprint density at radius 3 is 2.79 bits per heavy atom. The van der Waals surface area contributed by atoms with Crippen LogP contribution >= 0.6 is 11.3 Å². The maximum atomic E-state index is 9.59. The van der Waals surface area contributed by atoms with Crippen LogP contribution in [0.4, 0.5) is 0 Å². The largest absolute Gasteiger partial charge is 0.440 e. The van der Waals surface area contributed by atoms with Crippen LogP contribution in [0.5, 0.6) is 0 Å². The van der Waals surface area contributed by atoms with Crippen LogP contribution in [0.1, 0.15) is 29.3 Å². The maximum absolute atomic E-state index is 9.59. The van der Waals surface area contributed by atoms with E-state index in [2.05, 4.69) is 26.9 Å². The highest BCUT2D eigenvalue weighted by atomic mass is 32.1. The van der Waals surface area contributed by atoms with E-state index in [9.17, 15) is 5.11 Å². The topological polar surface area (TPSA) is 65.6 Å². The number of aliphatic hydroxyl groups is 1. The van der Waals surface area contributed by atoms with Crippen LogP contribution < -0.4 is 0 Å². The lowest BCUT2D eigenvalue weighted by molar-refractivity contribution is 0.0484. The minimum absolute atomic E-state index is 0.196. The molecule has 154 valence electrons. The zero-order valence-electron chi connectivity index (χ0n) is 17.0. The van der Waals surface area contributed by atoms with Crippen molar-refractivity contribution in [3.63, 3.8) is 0 Å². The van der Waals surface area contributed by atoms with Crippen LogP contribution in [0.25, 0.3) is 10.8 Å². The number of hydrogen-bond donors (Lipinski definition) is 1. The van der Waals surface area contributed by atoms with Crippen molar-refractivity contribution in [1.29, 1.82) is 0 Å². The van der Waals surface area contributed by atoms with Crippen LogP contribution in [-0.2, 0) is 13.1 Å². The van der Waals surface area contributed by atoms with Crippen LogP contribution in [0.2, 0.25) is 0 Å². The van der Waals surface area contributed by atoms with Gasteiger partial charge in [-0.2, -0.15) is 0 Å². The molecule has 0 aromatic carbocycles. The molecule has 4 heterocycles. The highest BCUT2D eigenvalue weighted by Gasteiger charge is 2.28. The van der Waals surface area contributed by atoms with Gasteiger partial charge in [0, 0.05) is 51.1 Å². The Balaban J connectivity index is 1.42. The summed E-state index contributed by atoms with van der Waals surface area (Å²) >= 11 is 1.64. The second-order valence-corrected chi connectivity index (χ2v) is 8.59. The van der Waals surface area contributed by atoms with Gasteiger partial charge >= 0.3 is 0 Å². The molecule has 1 fully saturated rings. The van der Waals surface area contributed by atoms with Gasteiger partial charge in [0.05, 0.1) is 16.3 Å². The molecule has 1 aliphatic rings. The summed E-state index contributed by atoms with van der Waals surface area (Å²) in [5.41, 5.74) is 3.14. The number of pyridine rings is 1. The molecule has 3 aromatic heterocycles. The predicted molar refractivity (Wildman–Crippen MR) is 115 cm³/mol. The lowest BCUT2D eigenvalue weighted by Gasteiger charge is -2.41. The Morgan fingerprint density at radius 2 is 2.03 bits per heavy atom. The van der Waals surface area contributed by atoms with Gasteiger partial charge in [0.15, 0.2) is 0 Å². The molecule has 1 saturated heterocycles. The van der Waals surface area contributed by atoms with E-state index in [0.29, 0.717) is 11.9 Å². The van der Waals surface area contributed by atoms with Gasteiger partial charge < -0.3 is 9.52 Å². The van der Waals surface area contributed by atoms with Gasteiger partial charge in [-0.05, 0) is 43.8 Å². The summed E-state index contributed by atoms with van der Waals surface area (Å²) in [6.45, 7) is 8.64. The molecule has 1 N–H and O–H groups in total. The first-order chi connectivity index (χ1) is 14.1. The molecule has 0 spiro atoms. The SMILES string of the molecule is Cc1cccc(CN2CCN(Cc3nc(-c4cccs4)oc3C)C[C@@H]2CCO)n1. The summed E-state index contributed by atoms with van der Waals surface area (Å²) in [5.74, 6) is 1.60. The van der Waals surface area contributed by atoms with Crippen LogP contribution in [0.15, 0.2) is 40.1 Å². The molecule has 6 nitrogen and oxygen atoms in total. The van der Waals surface area contributed by atoms with Gasteiger partial charge in [-0.3, -0.25) is 14.8 Å². The van der Waals surface area contributed by atoms with Gasteiger partial charge in [0.1, 0.15) is 5.76 Å². The quantitative estimate of drug-likeness (QED) is 0.641. The number of piperazine rings is 1. The van der Waals surface area contributed by atoms with E-state index < -0.39 is 0 Å². The number of aliphatic hydroxyl groups excluding tert-OH is 1. The molecule has 0 amide bonds. The maximum Gasteiger partial charge on any atom is 0.236 e. The van der Waals surface area contributed by atoms with Crippen LogP contribution in [0, 0.1) is 13.8 Å². The molecule has 1 atom stereocenters. The fourth-order valence-corrected chi connectivity index (χ4v) is 4.57. The van der Waals surface area contributed by atoms with E-state index in [1.165, 1.54) is 0 Å². The first-order valence-electron chi connectivity index (χ1n) is 10.1. The lowest BCUT2D eigenvalue weighted by atomic mass is 10.1. The molecule has 0 aliphatic carbocycles. The van der Waals surface area contributed by atoms with Gasteiger partial charge in [0.2, 0.25) is 5.89 Å². The van der Waals surface area contributed by atoms with Crippen LogP contribution in [0.3, 0.4) is 0 Å². The minimum atomic E-state index is 0.196. The summed E-state index contributed by atoms with van der Waals surface area (Å²) in [5, 5.41) is 11.6. The van der Waals surface area contributed by atoms with Gasteiger partial charge in [-0.1, -0.05) is 12.1 Å². The van der Waals surface area contributed by atoms with Crippen molar-refractivity contribution in [2.24, 2.45) is 0 Å². The van der Waals surface area contributed by atoms with Crippen molar-refractivity contribution in [2.45, 2.75) is 39.4 Å². The fourth-order valence-electron chi connectivity index (χ4n) is 3.92. The summed E-state index contributed by atoms with van der Waals surface area (Å²) < 4.78 is 5.90. The average molecular weight is 413 g/mol. The van der Waals surface area contributed by atoms with E-state index in [4.69, 9.17) is 9.40 Å². The van der Waals surface area contributed by atoms with Crippen molar-refractivity contribution in [1.82, 2.24) is 19.8 Å². The Labute approximate surface area is 175 Å². The monoisotopic (exact) mass is 412 g/mol. The Bertz CT molecular complexity index is 925. The molecule has 0 unspecified atom stereocenters. The molecule has 0 radical (unpaired) electrons. The number of nitrogens with zero attached hydrogens (tertiary/aromatic N) is 4. The Kier molecular flexibility index (Phi) is 6.40. The summed E-state index contributed by atoms with van der Waals surface area (Å²) in [6, 6.07) is 10.5. The predicted octanol–water partition coefficient (Wildman–Crippen LogP) is 3.48. The standard InChI is InChI=1S/C22H28N4O2S/c1-16-5-3-6-18(23-16)13-26-10-9-25(14-19(26)8-11-27)15-20-17(2)28-22(24-20)21-7-4-12-29-21/h3-7,12,19,27H,8-11,13-15H2,1-2H3/t19-/m0/s1. The Hall–Kier alpha value is -2.06. The first-order valence-corrected chi connectivity index (χ1v) is 11.0. The molecule has 7 heteroatoms. The number of hydrogen-bond acceptors (Lipinski definition) is 7. The van der Waals surface area contributed by atoms with Crippen molar-refractivity contribution < 1.29 is 9.52 Å². The van der Waals surface area contributed by atoms with E-state index in [1.807, 2.05) is 37.4 Å². The molecule has 29 heavy (non-hydrogen) atoms. The van der Waals surface area contributed by atoms with Gasteiger partial charge in [-0.15, -0.1) is 11.3 Å². The summed E-state index contributed by atoms with van der Waals surface area (Å²) in [6.07, 6.45) is 0.764. The molecular formula is C22H28N4O2S. The number of thiophene rings is 1. The van der Waals surface area contributed by atoms with E-state index in [-0.39, 0.29) is 6.61 Å². The normalized spacial score (nSPS) is 18.4. The smallest absolute Gasteiger partial charge is 0.236 e. The third-order valence-electron chi connectivity index (χ3n) is 5.46. The highest BCUT2D eigenvalue weighted by molar-refractivity contribution is 7.13. The first kappa shape index (κ1) is 20.2. The number of oxazole rings is 1. The number of rotatable bonds is 7. The third-order valence-corrected chi connectivity index (χ3v) is 6.32. The van der Waals surface area contributed by atoms with Crippen molar-refractivity contribution in [3.05, 3.63) is 58.6 Å². The Morgan fingerprint density at radius 1 is 1.14 bits per heavy atom. The second-order valence-electron chi connectivity index (χ2n) is 7.64. The molecule has 1 aliphatic heterocycles. The van der Waals surface area contributed by atoms with Gasteiger partial charge in [-0.25, -0.2) is 4.98 Å². The van der Waals surface area contributed by atoms with Crippen molar-refractivity contribution >= 4 is 11.3 Å². The van der Waals surface area contributed by atoms with Gasteiger partial charge in [0.25, 0.3) is 0 Å². The van der Waals surface area contributed by atoms with E-state index in [0.717, 1.165) is 66.9 Å². The molecular weight excluding hydrogens is 384 g/mol. The second kappa shape index (κ2) is 9.17. The molecule has 3 aromatic rings. The molecule has 0 saturated carbocycles. The van der Waals surface area contributed by atoms with E-state index >= 15 is 0 Å². The minimum Gasteiger partial charge on any atom is -0.440 e.